The van der Waals surface area contributed by atoms with Gasteiger partial charge < -0.3 is 20.3 Å². The molecule has 0 saturated heterocycles. The van der Waals surface area contributed by atoms with Crippen molar-refractivity contribution < 1.29 is 24.5 Å². The number of amides is 1. The minimum atomic E-state index is -0.973. The van der Waals surface area contributed by atoms with Crippen molar-refractivity contribution in [1.29, 1.82) is 0 Å². The van der Waals surface area contributed by atoms with Crippen molar-refractivity contribution in [3.8, 4) is 11.5 Å². The predicted octanol–water partition coefficient (Wildman–Crippen LogP) is 4.94. The first-order chi connectivity index (χ1) is 14.7. The second-order valence-electron chi connectivity index (χ2n) is 9.42. The molecule has 0 aromatic heterocycles. The molecule has 0 saturated carbocycles. The highest BCUT2D eigenvalue weighted by Gasteiger charge is 2.46. The summed E-state index contributed by atoms with van der Waals surface area (Å²) < 4.78 is 6.40. The summed E-state index contributed by atoms with van der Waals surface area (Å²) in [5.74, 6) is -0.562. The van der Waals surface area contributed by atoms with Crippen LogP contribution in [0, 0.1) is 5.92 Å². The number of aromatic hydroxyl groups is 1. The molecular formula is C25H35NO5. The molecule has 1 amide bonds. The molecule has 2 unspecified atom stereocenters. The highest BCUT2D eigenvalue weighted by atomic mass is 16.5. The van der Waals surface area contributed by atoms with Crippen molar-refractivity contribution in [3.63, 3.8) is 0 Å². The second-order valence-corrected chi connectivity index (χ2v) is 9.42. The Morgan fingerprint density at radius 3 is 2.71 bits per heavy atom. The average Bonchev–Trinajstić information content (AvgIpc) is 2.66. The number of allylic oxidation sites excluding steroid dienone is 2. The van der Waals surface area contributed by atoms with Crippen LogP contribution in [0.5, 0.6) is 11.5 Å². The maximum atomic E-state index is 13.0. The summed E-state index contributed by atoms with van der Waals surface area (Å²) in [5.41, 5.74) is 2.62. The number of aliphatic carboxylic acids is 1. The van der Waals surface area contributed by atoms with Crippen LogP contribution in [-0.2, 0) is 11.2 Å². The molecule has 6 nitrogen and oxygen atoms in total. The fourth-order valence-corrected chi connectivity index (χ4v) is 5.00. The molecular weight excluding hydrogens is 394 g/mol. The molecule has 1 aromatic rings. The van der Waals surface area contributed by atoms with Gasteiger partial charge in [0, 0.05) is 23.9 Å². The lowest BCUT2D eigenvalue weighted by Gasteiger charge is -2.46. The second kappa shape index (κ2) is 9.33. The number of carboxylic acid groups (broad SMARTS) is 1. The monoisotopic (exact) mass is 429 g/mol. The molecule has 0 radical (unpaired) electrons. The number of rotatable bonds is 8. The SMILES string of the molecule is CCCCCc1cc2c(c(O)c1C(=O)NCCC(=O)O)C1C=C(C)CCC1C(C)(C)O2. The van der Waals surface area contributed by atoms with Crippen molar-refractivity contribution in [2.24, 2.45) is 5.92 Å². The number of phenols is 1. The van der Waals surface area contributed by atoms with Gasteiger partial charge in [-0.05, 0) is 58.1 Å². The van der Waals surface area contributed by atoms with Crippen LogP contribution in [-0.4, -0.2) is 34.2 Å². The van der Waals surface area contributed by atoms with Gasteiger partial charge >= 0.3 is 5.97 Å². The molecule has 0 spiro atoms. The van der Waals surface area contributed by atoms with Crippen LogP contribution in [0.2, 0.25) is 0 Å². The molecule has 1 aliphatic heterocycles. The molecule has 170 valence electrons. The zero-order valence-electron chi connectivity index (χ0n) is 19.1. The number of carboxylic acids is 1. The number of nitrogens with one attached hydrogen (secondary N) is 1. The highest BCUT2D eigenvalue weighted by Crippen LogP contribution is 2.54. The number of benzene rings is 1. The fourth-order valence-electron chi connectivity index (χ4n) is 5.00. The molecule has 1 heterocycles. The number of unbranched alkanes of at least 4 members (excludes halogenated alkanes) is 2. The first-order valence-corrected chi connectivity index (χ1v) is 11.4. The molecule has 1 aromatic carbocycles. The quantitative estimate of drug-likeness (QED) is 0.402. The van der Waals surface area contributed by atoms with Crippen LogP contribution in [0.4, 0.5) is 0 Å². The number of carbonyl (C=O) groups excluding carboxylic acids is 1. The number of ether oxygens (including phenoxy) is 1. The van der Waals surface area contributed by atoms with E-state index in [0.29, 0.717) is 17.7 Å². The number of hydrogen-bond acceptors (Lipinski definition) is 4. The smallest absolute Gasteiger partial charge is 0.305 e. The van der Waals surface area contributed by atoms with E-state index in [4.69, 9.17) is 9.84 Å². The van der Waals surface area contributed by atoms with Crippen LogP contribution in [0.1, 0.15) is 93.6 Å². The lowest BCUT2D eigenvalue weighted by molar-refractivity contribution is -0.136. The Bertz CT molecular complexity index is 886. The largest absolute Gasteiger partial charge is 0.507 e. The third kappa shape index (κ3) is 4.89. The van der Waals surface area contributed by atoms with Gasteiger partial charge in [-0.3, -0.25) is 9.59 Å². The third-order valence-corrected chi connectivity index (χ3v) is 6.63. The lowest BCUT2D eigenvalue weighted by Crippen LogP contribution is -2.45. The third-order valence-electron chi connectivity index (χ3n) is 6.63. The van der Waals surface area contributed by atoms with Crippen molar-refractivity contribution in [3.05, 3.63) is 34.4 Å². The summed E-state index contributed by atoms with van der Waals surface area (Å²) in [6.45, 7) is 8.44. The van der Waals surface area contributed by atoms with Crippen LogP contribution >= 0.6 is 0 Å². The van der Waals surface area contributed by atoms with Gasteiger partial charge in [-0.25, -0.2) is 0 Å². The van der Waals surface area contributed by atoms with E-state index in [2.05, 4.69) is 39.1 Å². The van der Waals surface area contributed by atoms with Gasteiger partial charge in [0.2, 0.25) is 0 Å². The van der Waals surface area contributed by atoms with E-state index in [1.54, 1.807) is 0 Å². The zero-order chi connectivity index (χ0) is 22.8. The van der Waals surface area contributed by atoms with Crippen molar-refractivity contribution in [2.45, 2.75) is 84.2 Å². The molecule has 3 N–H and O–H groups in total. The van der Waals surface area contributed by atoms with E-state index in [1.807, 2.05) is 6.07 Å². The van der Waals surface area contributed by atoms with Crippen LogP contribution < -0.4 is 10.1 Å². The Hall–Kier alpha value is -2.50. The van der Waals surface area contributed by atoms with Gasteiger partial charge in [0.25, 0.3) is 5.91 Å². The maximum absolute atomic E-state index is 13.0. The summed E-state index contributed by atoms with van der Waals surface area (Å²) in [7, 11) is 0. The van der Waals surface area contributed by atoms with Gasteiger partial charge in [-0.2, -0.15) is 0 Å². The standard InChI is InChI=1S/C25H35NO5/c1-5-6-7-8-16-14-19-22(23(29)21(16)24(30)26-12-11-20(27)28)17-13-15(2)9-10-18(17)25(3,4)31-19/h13-14,17-18,29H,5-12H2,1-4H3,(H,26,30)(H,27,28). The summed E-state index contributed by atoms with van der Waals surface area (Å²) in [6.07, 6.45) is 7.65. The van der Waals surface area contributed by atoms with E-state index in [-0.39, 0.29) is 41.7 Å². The lowest BCUT2D eigenvalue weighted by atomic mass is 9.67. The molecule has 2 atom stereocenters. The number of aryl methyl sites for hydroxylation is 1. The maximum Gasteiger partial charge on any atom is 0.305 e. The zero-order valence-corrected chi connectivity index (χ0v) is 19.1. The molecule has 3 rings (SSSR count). The predicted molar refractivity (Wildman–Crippen MR) is 120 cm³/mol. The number of fused-ring (bicyclic) bond motifs is 3. The van der Waals surface area contributed by atoms with Crippen molar-refractivity contribution >= 4 is 11.9 Å². The first-order valence-electron chi connectivity index (χ1n) is 11.4. The van der Waals surface area contributed by atoms with Crippen molar-refractivity contribution in [2.75, 3.05) is 6.54 Å². The Morgan fingerprint density at radius 1 is 1.29 bits per heavy atom. The minimum Gasteiger partial charge on any atom is -0.507 e. The normalized spacial score (nSPS) is 21.4. The summed E-state index contributed by atoms with van der Waals surface area (Å²) in [5, 5.41) is 22.9. The van der Waals surface area contributed by atoms with E-state index < -0.39 is 11.9 Å². The van der Waals surface area contributed by atoms with Gasteiger partial charge in [0.05, 0.1) is 12.0 Å². The van der Waals surface area contributed by atoms with E-state index in [1.165, 1.54) is 5.57 Å². The Morgan fingerprint density at radius 2 is 2.03 bits per heavy atom. The molecule has 6 heteroatoms. The summed E-state index contributed by atoms with van der Waals surface area (Å²) in [6, 6.07) is 1.92. The van der Waals surface area contributed by atoms with Gasteiger partial charge in [0.1, 0.15) is 17.1 Å². The van der Waals surface area contributed by atoms with Gasteiger partial charge in [0.15, 0.2) is 0 Å². The van der Waals surface area contributed by atoms with Gasteiger partial charge in [-0.1, -0.05) is 31.4 Å². The van der Waals surface area contributed by atoms with Crippen molar-refractivity contribution in [1.82, 2.24) is 5.32 Å². The summed E-state index contributed by atoms with van der Waals surface area (Å²) in [4.78, 5) is 23.9. The van der Waals surface area contributed by atoms with Crippen LogP contribution in [0.25, 0.3) is 0 Å². The number of phenolic OH excluding ortho intramolecular Hbond substituents is 1. The topological polar surface area (TPSA) is 95.9 Å². The van der Waals surface area contributed by atoms with Gasteiger partial charge in [-0.15, -0.1) is 0 Å². The number of carbonyl (C=O) groups is 2. The van der Waals surface area contributed by atoms with E-state index >= 15 is 0 Å². The van der Waals surface area contributed by atoms with Crippen LogP contribution in [0.15, 0.2) is 17.7 Å². The summed E-state index contributed by atoms with van der Waals surface area (Å²) >= 11 is 0. The molecule has 0 fully saturated rings. The Labute approximate surface area is 184 Å². The average molecular weight is 430 g/mol. The van der Waals surface area contributed by atoms with Crippen LogP contribution in [0.3, 0.4) is 0 Å². The Kier molecular flexibility index (Phi) is 6.97. The van der Waals surface area contributed by atoms with E-state index in [0.717, 1.165) is 37.7 Å². The molecule has 0 bridgehead atoms. The number of hydrogen-bond donors (Lipinski definition) is 3. The first kappa shape index (κ1) is 23.2. The van der Waals surface area contributed by atoms with E-state index in [9.17, 15) is 14.7 Å². The fraction of sp³-hybridized carbons (Fsp3) is 0.600. The molecule has 2 aliphatic rings. The minimum absolute atomic E-state index is 0.0113. The molecule has 1 aliphatic carbocycles. The Balaban J connectivity index is 2.07. The molecule has 31 heavy (non-hydrogen) atoms. The highest BCUT2D eigenvalue weighted by molar-refractivity contribution is 5.99.